The van der Waals surface area contributed by atoms with E-state index in [4.69, 9.17) is 0 Å². The van der Waals surface area contributed by atoms with Crippen LogP contribution in [0.25, 0.3) is 0 Å². The monoisotopic (exact) mass is 210 g/mol. The second-order valence-electron chi connectivity index (χ2n) is 4.64. The number of imide groups is 1. The lowest BCUT2D eigenvalue weighted by Crippen LogP contribution is -2.48. The highest BCUT2D eigenvalue weighted by molar-refractivity contribution is 6.07. The van der Waals surface area contributed by atoms with Crippen LogP contribution in [0.1, 0.15) is 27.7 Å². The van der Waals surface area contributed by atoms with Crippen molar-refractivity contribution in [1.29, 1.82) is 0 Å². The molecule has 0 aromatic heterocycles. The number of hydrogen-bond donors (Lipinski definition) is 1. The van der Waals surface area contributed by atoms with Crippen molar-refractivity contribution in [2.75, 3.05) is 6.54 Å². The smallest absolute Gasteiger partial charge is 0.323 e. The van der Waals surface area contributed by atoms with Crippen LogP contribution in [-0.4, -0.2) is 28.9 Å². The molecule has 1 unspecified atom stereocenters. The topological polar surface area (TPSA) is 49.4 Å². The van der Waals surface area contributed by atoms with E-state index in [9.17, 15) is 9.59 Å². The van der Waals surface area contributed by atoms with Gasteiger partial charge in [-0.25, -0.2) is 4.79 Å². The fourth-order valence-corrected chi connectivity index (χ4v) is 1.52. The molecule has 84 valence electrons. The molecule has 1 aliphatic rings. The Hall–Kier alpha value is -1.32. The van der Waals surface area contributed by atoms with E-state index in [0.29, 0.717) is 6.54 Å². The second-order valence-corrected chi connectivity index (χ2v) is 4.64. The fraction of sp³-hybridized carbons (Fsp3) is 0.636. The lowest BCUT2D eigenvalue weighted by atomic mass is 9.88. The van der Waals surface area contributed by atoms with E-state index < -0.39 is 5.54 Å². The van der Waals surface area contributed by atoms with Crippen molar-refractivity contribution in [3.8, 4) is 0 Å². The van der Waals surface area contributed by atoms with Crippen LogP contribution in [0.4, 0.5) is 4.79 Å². The Labute approximate surface area is 90.3 Å². The van der Waals surface area contributed by atoms with Crippen molar-refractivity contribution in [3.63, 3.8) is 0 Å². The quantitative estimate of drug-likeness (QED) is 0.567. The number of carbonyl (C=O) groups is 2. The zero-order chi connectivity index (χ0) is 11.8. The summed E-state index contributed by atoms with van der Waals surface area (Å²) < 4.78 is 0. The minimum atomic E-state index is -0.771. The van der Waals surface area contributed by atoms with Gasteiger partial charge in [-0.15, -0.1) is 0 Å². The molecule has 1 fully saturated rings. The largest absolute Gasteiger partial charge is 0.325 e. The molecule has 0 aromatic carbocycles. The Kier molecular flexibility index (Phi) is 2.88. The van der Waals surface area contributed by atoms with Gasteiger partial charge in [-0.05, 0) is 19.8 Å². The lowest BCUT2D eigenvalue weighted by Gasteiger charge is -2.25. The Morgan fingerprint density at radius 1 is 1.53 bits per heavy atom. The minimum absolute atomic E-state index is 0.0732. The molecule has 0 spiro atoms. The number of nitrogens with zero attached hydrogens (tertiary/aromatic N) is 1. The molecular formula is C11H18N2O2. The molecule has 1 atom stereocenters. The third-order valence-electron chi connectivity index (χ3n) is 2.88. The molecule has 0 aliphatic carbocycles. The molecule has 4 heteroatoms. The molecule has 1 rings (SSSR count). The van der Waals surface area contributed by atoms with Gasteiger partial charge in [0.05, 0.1) is 6.54 Å². The Morgan fingerprint density at radius 2 is 2.07 bits per heavy atom. The summed E-state index contributed by atoms with van der Waals surface area (Å²) in [5.74, 6) is -0.0884. The maximum Gasteiger partial charge on any atom is 0.325 e. The first-order valence-electron chi connectivity index (χ1n) is 5.07. The first kappa shape index (κ1) is 11.8. The van der Waals surface area contributed by atoms with Gasteiger partial charge in [-0.3, -0.25) is 9.69 Å². The minimum Gasteiger partial charge on any atom is -0.323 e. The first-order valence-corrected chi connectivity index (χ1v) is 5.07. The molecule has 1 saturated heterocycles. The fourth-order valence-electron chi connectivity index (χ4n) is 1.52. The maximum atomic E-state index is 12.0. The van der Waals surface area contributed by atoms with E-state index in [0.717, 1.165) is 5.57 Å². The van der Waals surface area contributed by atoms with Gasteiger partial charge >= 0.3 is 6.03 Å². The average Bonchev–Trinajstić information content (AvgIpc) is 2.30. The molecule has 1 N–H and O–H groups in total. The summed E-state index contributed by atoms with van der Waals surface area (Å²) >= 11 is 0. The van der Waals surface area contributed by atoms with Gasteiger partial charge in [0.25, 0.3) is 5.91 Å². The van der Waals surface area contributed by atoms with Crippen LogP contribution in [0, 0.1) is 5.92 Å². The zero-order valence-corrected chi connectivity index (χ0v) is 9.76. The van der Waals surface area contributed by atoms with Crippen LogP contribution in [0.5, 0.6) is 0 Å². The zero-order valence-electron chi connectivity index (χ0n) is 9.76. The van der Waals surface area contributed by atoms with Gasteiger partial charge in [0, 0.05) is 0 Å². The summed E-state index contributed by atoms with van der Waals surface area (Å²) in [7, 11) is 0. The number of urea groups is 1. The number of nitrogens with one attached hydrogen (secondary N) is 1. The van der Waals surface area contributed by atoms with Crippen LogP contribution in [0.3, 0.4) is 0 Å². The van der Waals surface area contributed by atoms with Crippen LogP contribution < -0.4 is 5.32 Å². The summed E-state index contributed by atoms with van der Waals surface area (Å²) in [6, 6.07) is -0.320. The van der Waals surface area contributed by atoms with Crippen molar-refractivity contribution in [2.24, 2.45) is 5.92 Å². The summed E-state index contributed by atoms with van der Waals surface area (Å²) in [4.78, 5) is 24.8. The molecule has 15 heavy (non-hydrogen) atoms. The number of amides is 3. The predicted octanol–water partition coefficient (Wildman–Crippen LogP) is 1.53. The molecule has 1 aliphatic heterocycles. The predicted molar refractivity (Wildman–Crippen MR) is 58.3 cm³/mol. The molecule has 0 radical (unpaired) electrons. The van der Waals surface area contributed by atoms with Crippen molar-refractivity contribution < 1.29 is 9.59 Å². The summed E-state index contributed by atoms with van der Waals surface area (Å²) in [5.41, 5.74) is 0.0264. The van der Waals surface area contributed by atoms with Crippen molar-refractivity contribution >= 4 is 11.9 Å². The molecule has 1 heterocycles. The molecule has 0 bridgehead atoms. The van der Waals surface area contributed by atoms with E-state index in [1.54, 1.807) is 13.8 Å². The second kappa shape index (κ2) is 3.68. The number of carbonyl (C=O) groups excluding carboxylic acids is 2. The van der Waals surface area contributed by atoms with Crippen LogP contribution in [0.15, 0.2) is 12.2 Å². The first-order chi connectivity index (χ1) is 6.79. The Morgan fingerprint density at radius 3 is 2.40 bits per heavy atom. The summed E-state index contributed by atoms with van der Waals surface area (Å²) in [6.45, 7) is 11.4. The van der Waals surface area contributed by atoms with Gasteiger partial charge in [-0.1, -0.05) is 26.0 Å². The summed E-state index contributed by atoms with van der Waals surface area (Å²) in [6.07, 6.45) is 0. The van der Waals surface area contributed by atoms with E-state index in [-0.39, 0.29) is 17.9 Å². The number of hydrogen-bond acceptors (Lipinski definition) is 2. The highest BCUT2D eigenvalue weighted by Gasteiger charge is 2.49. The average molecular weight is 210 g/mol. The third kappa shape index (κ3) is 1.89. The van der Waals surface area contributed by atoms with Crippen LogP contribution >= 0.6 is 0 Å². The lowest BCUT2D eigenvalue weighted by molar-refractivity contribution is -0.131. The maximum absolute atomic E-state index is 12.0. The highest BCUT2D eigenvalue weighted by atomic mass is 16.2. The SMILES string of the molecule is C=C(C)CN1C(=O)NC(C)(C(C)C)C1=O. The van der Waals surface area contributed by atoms with Gasteiger partial charge in [0.1, 0.15) is 5.54 Å². The van der Waals surface area contributed by atoms with Gasteiger partial charge in [0.2, 0.25) is 0 Å². The molecular weight excluding hydrogens is 192 g/mol. The van der Waals surface area contributed by atoms with Crippen LogP contribution in [-0.2, 0) is 4.79 Å². The summed E-state index contributed by atoms with van der Waals surface area (Å²) in [5, 5.41) is 2.73. The van der Waals surface area contributed by atoms with Gasteiger partial charge in [0.15, 0.2) is 0 Å². The van der Waals surface area contributed by atoms with E-state index in [1.807, 2.05) is 13.8 Å². The van der Waals surface area contributed by atoms with E-state index >= 15 is 0 Å². The van der Waals surface area contributed by atoms with Gasteiger partial charge in [-0.2, -0.15) is 0 Å². The Balaban J connectivity index is 2.93. The Bertz CT molecular complexity index is 323. The highest BCUT2D eigenvalue weighted by Crippen LogP contribution is 2.25. The molecule has 0 aromatic rings. The molecule has 0 saturated carbocycles. The molecule has 3 amide bonds. The third-order valence-corrected chi connectivity index (χ3v) is 2.88. The molecule has 4 nitrogen and oxygen atoms in total. The van der Waals surface area contributed by atoms with E-state index in [1.165, 1.54) is 4.90 Å². The van der Waals surface area contributed by atoms with Crippen molar-refractivity contribution in [3.05, 3.63) is 12.2 Å². The van der Waals surface area contributed by atoms with Crippen molar-refractivity contribution in [2.45, 2.75) is 33.2 Å². The van der Waals surface area contributed by atoms with E-state index in [2.05, 4.69) is 11.9 Å². The number of rotatable bonds is 3. The van der Waals surface area contributed by atoms with Crippen molar-refractivity contribution in [1.82, 2.24) is 10.2 Å². The standard InChI is InChI=1S/C11H18N2O2/c1-7(2)6-13-9(14)11(5,8(3)4)12-10(13)15/h8H,1,6H2,2-5H3,(H,12,15). The normalized spacial score (nSPS) is 26.1. The van der Waals surface area contributed by atoms with Gasteiger partial charge < -0.3 is 5.32 Å². The van der Waals surface area contributed by atoms with Crippen LogP contribution in [0.2, 0.25) is 0 Å².